The number of nitrogens with zero attached hydrogens (tertiary/aromatic N) is 1. The molecule has 0 bridgehead atoms. The number of carbonyl (C=O) groups excluding carboxylic acids is 2. The fourth-order valence-electron chi connectivity index (χ4n) is 2.28. The summed E-state index contributed by atoms with van der Waals surface area (Å²) in [7, 11) is 0. The Morgan fingerprint density at radius 2 is 2.00 bits per heavy atom. The molecule has 1 rings (SSSR count). The van der Waals surface area contributed by atoms with Gasteiger partial charge in [-0.1, -0.05) is 19.8 Å². The number of rotatable bonds is 6. The van der Waals surface area contributed by atoms with Crippen LogP contribution < -0.4 is 10.6 Å². The van der Waals surface area contributed by atoms with E-state index in [1.807, 2.05) is 13.8 Å². The molecule has 19 heavy (non-hydrogen) atoms. The van der Waals surface area contributed by atoms with Crippen LogP contribution in [0.2, 0.25) is 0 Å². The number of hydrogen-bond acceptors (Lipinski definition) is 3. The maximum absolute atomic E-state index is 12.0. The van der Waals surface area contributed by atoms with Crippen molar-refractivity contribution in [2.45, 2.75) is 58.4 Å². The van der Waals surface area contributed by atoms with Crippen molar-refractivity contribution in [3.8, 4) is 6.07 Å². The zero-order valence-electron chi connectivity index (χ0n) is 11.8. The van der Waals surface area contributed by atoms with Crippen LogP contribution in [0.4, 0.5) is 0 Å². The molecule has 1 aliphatic rings. The Labute approximate surface area is 114 Å². The fourth-order valence-corrected chi connectivity index (χ4v) is 2.28. The third-order valence-corrected chi connectivity index (χ3v) is 3.76. The van der Waals surface area contributed by atoms with E-state index in [4.69, 9.17) is 5.26 Å². The minimum Gasteiger partial charge on any atom is -0.354 e. The van der Waals surface area contributed by atoms with Gasteiger partial charge in [-0.15, -0.1) is 0 Å². The van der Waals surface area contributed by atoms with Gasteiger partial charge in [0.1, 0.15) is 5.41 Å². The maximum Gasteiger partial charge on any atom is 0.240 e. The highest BCUT2D eigenvalue weighted by Crippen LogP contribution is 2.37. The number of amides is 2. The van der Waals surface area contributed by atoms with E-state index in [1.165, 1.54) is 0 Å². The van der Waals surface area contributed by atoms with Crippen molar-refractivity contribution in [2.75, 3.05) is 6.54 Å². The summed E-state index contributed by atoms with van der Waals surface area (Å²) >= 11 is 0. The second-order valence-electron chi connectivity index (χ2n) is 5.28. The molecule has 0 aromatic rings. The summed E-state index contributed by atoms with van der Waals surface area (Å²) in [5.41, 5.74) is -0.854. The summed E-state index contributed by atoms with van der Waals surface area (Å²) in [6, 6.07) is 2.30. The van der Waals surface area contributed by atoms with Crippen LogP contribution in [0.5, 0.6) is 0 Å². The van der Waals surface area contributed by atoms with Gasteiger partial charge in [-0.05, 0) is 26.2 Å². The summed E-state index contributed by atoms with van der Waals surface area (Å²) in [5, 5.41) is 14.7. The molecule has 1 aliphatic carbocycles. The van der Waals surface area contributed by atoms with E-state index in [1.54, 1.807) is 0 Å². The van der Waals surface area contributed by atoms with Gasteiger partial charge >= 0.3 is 0 Å². The van der Waals surface area contributed by atoms with Gasteiger partial charge < -0.3 is 10.6 Å². The molecular weight excluding hydrogens is 242 g/mol. The lowest BCUT2D eigenvalue weighted by atomic mass is 9.87. The highest BCUT2D eigenvalue weighted by Gasteiger charge is 2.41. The first-order valence-electron chi connectivity index (χ1n) is 7.03. The van der Waals surface area contributed by atoms with Crippen LogP contribution in [-0.4, -0.2) is 24.4 Å². The average molecular weight is 265 g/mol. The van der Waals surface area contributed by atoms with Crippen LogP contribution in [0.25, 0.3) is 0 Å². The van der Waals surface area contributed by atoms with Crippen molar-refractivity contribution in [1.29, 1.82) is 5.26 Å². The normalized spacial score (nSPS) is 18.4. The molecule has 1 unspecified atom stereocenters. The van der Waals surface area contributed by atoms with Gasteiger partial charge in [0, 0.05) is 19.0 Å². The van der Waals surface area contributed by atoms with E-state index in [0.29, 0.717) is 19.4 Å². The van der Waals surface area contributed by atoms with Crippen molar-refractivity contribution < 1.29 is 9.59 Å². The van der Waals surface area contributed by atoms with E-state index in [2.05, 4.69) is 16.7 Å². The zero-order valence-corrected chi connectivity index (χ0v) is 11.8. The monoisotopic (exact) mass is 265 g/mol. The summed E-state index contributed by atoms with van der Waals surface area (Å²) in [6.07, 6.45) is 4.26. The Morgan fingerprint density at radius 3 is 2.53 bits per heavy atom. The minimum absolute atomic E-state index is 0.0629. The van der Waals surface area contributed by atoms with E-state index in [-0.39, 0.29) is 24.3 Å². The van der Waals surface area contributed by atoms with Crippen LogP contribution in [0.1, 0.15) is 52.4 Å². The highest BCUT2D eigenvalue weighted by molar-refractivity contribution is 5.86. The number of nitrogens with one attached hydrogen (secondary N) is 2. The first kappa shape index (κ1) is 15.5. The van der Waals surface area contributed by atoms with Crippen LogP contribution in [0.15, 0.2) is 0 Å². The number of hydrogen-bond donors (Lipinski definition) is 2. The molecule has 2 amide bonds. The predicted molar refractivity (Wildman–Crippen MR) is 72.0 cm³/mol. The topological polar surface area (TPSA) is 82.0 Å². The number of carbonyl (C=O) groups is 2. The molecule has 106 valence electrons. The standard InChI is InChI=1S/C14H23N3O2/c1-3-11(2)17-12(18)6-9-16-13(19)14(10-15)7-4-5-8-14/h11H,3-9H2,1-2H3,(H,16,19)(H,17,18). The van der Waals surface area contributed by atoms with Crippen molar-refractivity contribution in [3.63, 3.8) is 0 Å². The van der Waals surface area contributed by atoms with E-state index in [9.17, 15) is 9.59 Å². The quantitative estimate of drug-likeness (QED) is 0.763. The molecule has 0 radical (unpaired) electrons. The molecule has 0 aromatic carbocycles. The molecule has 5 nitrogen and oxygen atoms in total. The fraction of sp³-hybridized carbons (Fsp3) is 0.786. The molecular formula is C14H23N3O2. The zero-order chi connectivity index (χ0) is 14.3. The molecule has 0 heterocycles. The maximum atomic E-state index is 12.0. The van der Waals surface area contributed by atoms with E-state index < -0.39 is 5.41 Å². The van der Waals surface area contributed by atoms with Crippen molar-refractivity contribution in [1.82, 2.24) is 10.6 Å². The van der Waals surface area contributed by atoms with Crippen LogP contribution in [0, 0.1) is 16.7 Å². The van der Waals surface area contributed by atoms with Gasteiger partial charge in [0.2, 0.25) is 11.8 Å². The molecule has 1 atom stereocenters. The van der Waals surface area contributed by atoms with Gasteiger partial charge in [-0.2, -0.15) is 5.26 Å². The van der Waals surface area contributed by atoms with Gasteiger partial charge in [0.05, 0.1) is 6.07 Å². The molecule has 1 fully saturated rings. The highest BCUT2D eigenvalue weighted by atomic mass is 16.2. The van der Waals surface area contributed by atoms with Crippen molar-refractivity contribution in [3.05, 3.63) is 0 Å². The van der Waals surface area contributed by atoms with Crippen molar-refractivity contribution in [2.24, 2.45) is 5.41 Å². The molecule has 0 aromatic heterocycles. The lowest BCUT2D eigenvalue weighted by Crippen LogP contribution is -2.40. The van der Waals surface area contributed by atoms with Crippen LogP contribution in [-0.2, 0) is 9.59 Å². The number of nitriles is 1. The third kappa shape index (κ3) is 4.23. The summed E-state index contributed by atoms with van der Waals surface area (Å²) < 4.78 is 0. The summed E-state index contributed by atoms with van der Waals surface area (Å²) in [4.78, 5) is 23.5. The molecule has 0 aliphatic heterocycles. The average Bonchev–Trinajstić information content (AvgIpc) is 2.88. The first-order chi connectivity index (χ1) is 9.04. The van der Waals surface area contributed by atoms with E-state index in [0.717, 1.165) is 19.3 Å². The predicted octanol–water partition coefficient (Wildman–Crippen LogP) is 1.49. The second-order valence-corrected chi connectivity index (χ2v) is 5.28. The molecule has 0 spiro atoms. The summed E-state index contributed by atoms with van der Waals surface area (Å²) in [5.74, 6) is -0.282. The van der Waals surface area contributed by atoms with Gasteiger partial charge in [-0.25, -0.2) is 0 Å². The lowest BCUT2D eigenvalue weighted by Gasteiger charge is -2.19. The van der Waals surface area contributed by atoms with Crippen LogP contribution in [0.3, 0.4) is 0 Å². The Kier molecular flexibility index (Phi) is 5.81. The largest absolute Gasteiger partial charge is 0.354 e. The van der Waals surface area contributed by atoms with Gasteiger partial charge in [-0.3, -0.25) is 9.59 Å². The van der Waals surface area contributed by atoms with E-state index >= 15 is 0 Å². The second kappa shape index (κ2) is 7.13. The minimum atomic E-state index is -0.854. The molecule has 5 heteroatoms. The Hall–Kier alpha value is -1.57. The molecule has 1 saturated carbocycles. The first-order valence-corrected chi connectivity index (χ1v) is 7.03. The lowest BCUT2D eigenvalue weighted by molar-refractivity contribution is -0.128. The Balaban J connectivity index is 2.31. The van der Waals surface area contributed by atoms with Crippen molar-refractivity contribution >= 4 is 11.8 Å². The Morgan fingerprint density at radius 1 is 1.37 bits per heavy atom. The Bertz CT molecular complexity index is 367. The van der Waals surface area contributed by atoms with Gasteiger partial charge in [0.15, 0.2) is 0 Å². The van der Waals surface area contributed by atoms with Gasteiger partial charge in [0.25, 0.3) is 0 Å². The summed E-state index contributed by atoms with van der Waals surface area (Å²) in [6.45, 7) is 4.24. The SMILES string of the molecule is CCC(C)NC(=O)CCNC(=O)C1(C#N)CCCC1. The molecule has 0 saturated heterocycles. The third-order valence-electron chi connectivity index (χ3n) is 3.76. The molecule has 2 N–H and O–H groups in total. The smallest absolute Gasteiger partial charge is 0.240 e. The van der Waals surface area contributed by atoms with Crippen LogP contribution >= 0.6 is 0 Å².